The van der Waals surface area contributed by atoms with E-state index in [0.717, 1.165) is 0 Å². The first-order valence-corrected chi connectivity index (χ1v) is 6.95. The number of nitrogens with two attached hydrogens (primary N) is 1. The summed E-state index contributed by atoms with van der Waals surface area (Å²) in [5.74, 6) is 0.354. The molecule has 1 fully saturated rings. The van der Waals surface area contributed by atoms with Crippen LogP contribution in [0, 0.1) is 5.92 Å². The molecule has 1 aromatic carbocycles. The van der Waals surface area contributed by atoms with Gasteiger partial charge in [0, 0.05) is 6.04 Å². The second-order valence-electron chi connectivity index (χ2n) is 5.11. The van der Waals surface area contributed by atoms with Gasteiger partial charge < -0.3 is 15.8 Å². The third-order valence-electron chi connectivity index (χ3n) is 3.82. The fraction of sp³-hybridized carbons (Fsp3) is 0.533. The summed E-state index contributed by atoms with van der Waals surface area (Å²) >= 11 is 0. The van der Waals surface area contributed by atoms with Crippen molar-refractivity contribution in [2.75, 3.05) is 17.7 Å². The SMILES string of the molecule is CCOC(=O)c1cccc(N)c1NC(C)C1CCC1. The molecule has 0 saturated heterocycles. The van der Waals surface area contributed by atoms with E-state index < -0.39 is 0 Å². The van der Waals surface area contributed by atoms with E-state index in [9.17, 15) is 4.79 Å². The highest BCUT2D eigenvalue weighted by Gasteiger charge is 2.25. The Morgan fingerprint density at radius 2 is 2.26 bits per heavy atom. The van der Waals surface area contributed by atoms with Crippen LogP contribution in [0.2, 0.25) is 0 Å². The number of benzene rings is 1. The van der Waals surface area contributed by atoms with Gasteiger partial charge in [-0.1, -0.05) is 12.5 Å². The van der Waals surface area contributed by atoms with Gasteiger partial charge in [-0.2, -0.15) is 0 Å². The number of rotatable bonds is 5. The second kappa shape index (κ2) is 5.95. The summed E-state index contributed by atoms with van der Waals surface area (Å²) in [6.45, 7) is 4.31. The van der Waals surface area contributed by atoms with Gasteiger partial charge in [0.1, 0.15) is 0 Å². The molecule has 1 aliphatic carbocycles. The highest BCUT2D eigenvalue weighted by atomic mass is 16.5. The second-order valence-corrected chi connectivity index (χ2v) is 5.11. The van der Waals surface area contributed by atoms with E-state index in [1.165, 1.54) is 19.3 Å². The number of nitrogens with one attached hydrogen (secondary N) is 1. The molecule has 1 saturated carbocycles. The highest BCUT2D eigenvalue weighted by molar-refractivity contribution is 5.98. The minimum Gasteiger partial charge on any atom is -0.462 e. The quantitative estimate of drug-likeness (QED) is 0.632. The molecular weight excluding hydrogens is 240 g/mol. The smallest absolute Gasteiger partial charge is 0.340 e. The Bertz CT molecular complexity index is 455. The third-order valence-corrected chi connectivity index (χ3v) is 3.82. The lowest BCUT2D eigenvalue weighted by molar-refractivity contribution is 0.0527. The van der Waals surface area contributed by atoms with Crippen molar-refractivity contribution in [2.45, 2.75) is 39.2 Å². The maximum absolute atomic E-state index is 11.9. The first-order chi connectivity index (χ1) is 9.13. The van der Waals surface area contributed by atoms with Crippen molar-refractivity contribution in [3.05, 3.63) is 23.8 Å². The topological polar surface area (TPSA) is 64.3 Å². The molecule has 0 radical (unpaired) electrons. The molecule has 1 atom stereocenters. The standard InChI is InChI=1S/C15H22N2O2/c1-3-19-15(18)12-8-5-9-13(16)14(12)17-10(2)11-6-4-7-11/h5,8-11,17H,3-4,6-7,16H2,1-2H3. The number of carbonyl (C=O) groups is 1. The summed E-state index contributed by atoms with van der Waals surface area (Å²) in [7, 11) is 0. The average molecular weight is 262 g/mol. The predicted octanol–water partition coefficient (Wildman–Crippen LogP) is 3.05. The molecule has 0 bridgehead atoms. The minimum absolute atomic E-state index is 0.321. The van der Waals surface area contributed by atoms with E-state index in [2.05, 4.69) is 12.2 Å². The van der Waals surface area contributed by atoms with Gasteiger partial charge in [0.05, 0.1) is 23.5 Å². The molecule has 0 spiro atoms. The summed E-state index contributed by atoms with van der Waals surface area (Å²) in [4.78, 5) is 11.9. The minimum atomic E-state index is -0.321. The maximum atomic E-state index is 11.9. The highest BCUT2D eigenvalue weighted by Crippen LogP contribution is 2.33. The Kier molecular flexibility index (Phi) is 4.30. The van der Waals surface area contributed by atoms with Gasteiger partial charge in [-0.3, -0.25) is 0 Å². The molecule has 1 unspecified atom stereocenters. The van der Waals surface area contributed by atoms with Crippen molar-refractivity contribution in [2.24, 2.45) is 5.92 Å². The molecule has 0 aliphatic heterocycles. The number of para-hydroxylation sites is 1. The normalized spacial score (nSPS) is 16.5. The van der Waals surface area contributed by atoms with Crippen molar-refractivity contribution in [3.8, 4) is 0 Å². The van der Waals surface area contributed by atoms with Gasteiger partial charge >= 0.3 is 5.97 Å². The average Bonchev–Trinajstić information content (AvgIpc) is 2.29. The molecule has 1 aromatic rings. The van der Waals surface area contributed by atoms with Gasteiger partial charge in [0.15, 0.2) is 0 Å². The number of carbonyl (C=O) groups excluding carboxylic acids is 1. The summed E-state index contributed by atoms with van der Waals surface area (Å²) in [6, 6.07) is 5.66. The molecule has 2 rings (SSSR count). The third kappa shape index (κ3) is 3.00. The number of nitrogen functional groups attached to an aromatic ring is 1. The van der Waals surface area contributed by atoms with Gasteiger partial charge in [0.25, 0.3) is 0 Å². The molecule has 1 aliphatic rings. The van der Waals surface area contributed by atoms with Gasteiger partial charge in [-0.15, -0.1) is 0 Å². The fourth-order valence-corrected chi connectivity index (χ4v) is 2.40. The van der Waals surface area contributed by atoms with E-state index >= 15 is 0 Å². The first kappa shape index (κ1) is 13.7. The van der Waals surface area contributed by atoms with Crippen LogP contribution in [0.5, 0.6) is 0 Å². The number of ether oxygens (including phenoxy) is 1. The Morgan fingerprint density at radius 1 is 1.53 bits per heavy atom. The Hall–Kier alpha value is -1.71. The lowest BCUT2D eigenvalue weighted by Crippen LogP contribution is -2.31. The van der Waals surface area contributed by atoms with Crippen LogP contribution in [0.15, 0.2) is 18.2 Å². The Morgan fingerprint density at radius 3 is 2.84 bits per heavy atom. The largest absolute Gasteiger partial charge is 0.462 e. The maximum Gasteiger partial charge on any atom is 0.340 e. The van der Waals surface area contributed by atoms with Crippen LogP contribution in [0.4, 0.5) is 11.4 Å². The van der Waals surface area contributed by atoms with Crippen LogP contribution in [0.25, 0.3) is 0 Å². The summed E-state index contributed by atoms with van der Waals surface area (Å²) in [5.41, 5.74) is 7.82. The molecular formula is C15H22N2O2. The van der Waals surface area contributed by atoms with Crippen molar-refractivity contribution in [1.29, 1.82) is 0 Å². The molecule has 0 amide bonds. The first-order valence-electron chi connectivity index (χ1n) is 6.95. The molecule has 0 aromatic heterocycles. The molecule has 0 heterocycles. The summed E-state index contributed by atoms with van der Waals surface area (Å²) in [6.07, 6.45) is 3.79. The van der Waals surface area contributed by atoms with Crippen molar-refractivity contribution >= 4 is 17.3 Å². The number of hydrogen-bond donors (Lipinski definition) is 2. The summed E-state index contributed by atoms with van der Waals surface area (Å²) in [5, 5.41) is 3.39. The van der Waals surface area contributed by atoms with E-state index in [4.69, 9.17) is 10.5 Å². The predicted molar refractivity (Wildman–Crippen MR) is 77.2 cm³/mol. The van der Waals surface area contributed by atoms with Crippen molar-refractivity contribution < 1.29 is 9.53 Å². The van der Waals surface area contributed by atoms with E-state index in [0.29, 0.717) is 35.5 Å². The molecule has 4 heteroatoms. The molecule has 104 valence electrons. The van der Waals surface area contributed by atoms with Crippen LogP contribution in [-0.2, 0) is 4.74 Å². The van der Waals surface area contributed by atoms with E-state index in [1.807, 2.05) is 0 Å². The monoisotopic (exact) mass is 262 g/mol. The number of anilines is 2. The lowest BCUT2D eigenvalue weighted by Gasteiger charge is -2.33. The Labute approximate surface area is 114 Å². The van der Waals surface area contributed by atoms with Crippen LogP contribution < -0.4 is 11.1 Å². The summed E-state index contributed by atoms with van der Waals surface area (Å²) < 4.78 is 5.07. The van der Waals surface area contributed by atoms with Gasteiger partial charge in [-0.05, 0) is 44.7 Å². The van der Waals surface area contributed by atoms with E-state index in [-0.39, 0.29) is 5.97 Å². The van der Waals surface area contributed by atoms with Crippen LogP contribution >= 0.6 is 0 Å². The Balaban J connectivity index is 2.19. The zero-order valence-corrected chi connectivity index (χ0v) is 11.6. The number of esters is 1. The van der Waals surface area contributed by atoms with Crippen LogP contribution in [0.1, 0.15) is 43.5 Å². The van der Waals surface area contributed by atoms with Gasteiger partial charge in [0.2, 0.25) is 0 Å². The van der Waals surface area contributed by atoms with E-state index in [1.54, 1.807) is 25.1 Å². The van der Waals surface area contributed by atoms with Gasteiger partial charge in [-0.25, -0.2) is 4.79 Å². The zero-order valence-electron chi connectivity index (χ0n) is 11.6. The van der Waals surface area contributed by atoms with Crippen LogP contribution in [-0.4, -0.2) is 18.6 Å². The van der Waals surface area contributed by atoms with Crippen LogP contribution in [0.3, 0.4) is 0 Å². The molecule has 3 N–H and O–H groups in total. The van der Waals surface area contributed by atoms with Crippen molar-refractivity contribution in [1.82, 2.24) is 0 Å². The lowest BCUT2D eigenvalue weighted by atomic mass is 9.80. The molecule has 4 nitrogen and oxygen atoms in total. The zero-order chi connectivity index (χ0) is 13.8. The van der Waals surface area contributed by atoms with Crippen molar-refractivity contribution in [3.63, 3.8) is 0 Å². The fourth-order valence-electron chi connectivity index (χ4n) is 2.40. The molecule has 19 heavy (non-hydrogen) atoms. The number of hydrogen-bond acceptors (Lipinski definition) is 4.